The van der Waals surface area contributed by atoms with Crippen molar-refractivity contribution in [3.05, 3.63) is 40.9 Å². The minimum atomic E-state index is 0.541. The van der Waals surface area contributed by atoms with Crippen LogP contribution in [-0.4, -0.2) is 18.1 Å². The number of nitrogens with zero attached hydrogens (tertiary/aromatic N) is 1. The maximum atomic E-state index is 5.36. The second-order valence-electron chi connectivity index (χ2n) is 3.85. The normalized spacial score (nSPS) is 10.7. The van der Waals surface area contributed by atoms with E-state index in [0.29, 0.717) is 19.8 Å². The first-order valence-electron chi connectivity index (χ1n) is 5.59. The number of ether oxygens (including phenoxy) is 1. The van der Waals surface area contributed by atoms with Gasteiger partial charge in [0.15, 0.2) is 0 Å². The van der Waals surface area contributed by atoms with Gasteiger partial charge in [-0.2, -0.15) is 0 Å². The number of aryl methyl sites for hydroxylation is 1. The molecule has 2 N–H and O–H groups in total. The molecular formula is C13H16N2OS. The summed E-state index contributed by atoms with van der Waals surface area (Å²) in [5.74, 6) is 0. The third-order valence-electron chi connectivity index (χ3n) is 2.36. The van der Waals surface area contributed by atoms with E-state index in [2.05, 4.69) is 36.2 Å². The van der Waals surface area contributed by atoms with E-state index in [1.807, 2.05) is 5.38 Å². The first-order valence-corrected chi connectivity index (χ1v) is 6.47. The predicted molar refractivity (Wildman–Crippen MR) is 71.0 cm³/mol. The Morgan fingerprint density at radius 1 is 1.29 bits per heavy atom. The molecule has 0 saturated carbocycles. The minimum absolute atomic E-state index is 0.541. The first-order chi connectivity index (χ1) is 8.29. The average Bonchev–Trinajstić information content (AvgIpc) is 2.79. The molecular weight excluding hydrogens is 232 g/mol. The lowest BCUT2D eigenvalue weighted by Gasteiger charge is -1.98. The Kier molecular flexibility index (Phi) is 4.25. The zero-order valence-corrected chi connectivity index (χ0v) is 10.7. The highest BCUT2D eigenvalue weighted by molar-refractivity contribution is 7.13. The highest BCUT2D eigenvalue weighted by atomic mass is 32.1. The number of nitrogens with two attached hydrogens (primary N) is 1. The van der Waals surface area contributed by atoms with Crippen molar-refractivity contribution in [2.24, 2.45) is 5.73 Å². The second-order valence-corrected chi connectivity index (χ2v) is 4.71. The van der Waals surface area contributed by atoms with Crippen LogP contribution in [0.25, 0.3) is 10.6 Å². The molecule has 0 aliphatic heterocycles. The third-order valence-corrected chi connectivity index (χ3v) is 3.30. The molecule has 0 radical (unpaired) electrons. The molecule has 0 amide bonds. The highest BCUT2D eigenvalue weighted by Crippen LogP contribution is 2.24. The van der Waals surface area contributed by atoms with Crippen molar-refractivity contribution in [1.29, 1.82) is 0 Å². The summed E-state index contributed by atoms with van der Waals surface area (Å²) < 4.78 is 5.36. The van der Waals surface area contributed by atoms with Crippen LogP contribution >= 0.6 is 11.3 Å². The van der Waals surface area contributed by atoms with Crippen LogP contribution in [0.5, 0.6) is 0 Å². The molecule has 0 aliphatic rings. The fraction of sp³-hybridized carbons (Fsp3) is 0.308. The number of rotatable bonds is 5. The van der Waals surface area contributed by atoms with Gasteiger partial charge >= 0.3 is 0 Å². The molecule has 1 aromatic heterocycles. The third kappa shape index (κ3) is 3.36. The van der Waals surface area contributed by atoms with Crippen LogP contribution in [0.15, 0.2) is 29.6 Å². The van der Waals surface area contributed by atoms with Gasteiger partial charge in [0.25, 0.3) is 0 Å². The van der Waals surface area contributed by atoms with Crippen LogP contribution in [0.2, 0.25) is 0 Å². The monoisotopic (exact) mass is 248 g/mol. The van der Waals surface area contributed by atoms with E-state index < -0.39 is 0 Å². The van der Waals surface area contributed by atoms with Crippen molar-refractivity contribution in [1.82, 2.24) is 4.98 Å². The Labute approximate surface area is 105 Å². The van der Waals surface area contributed by atoms with E-state index in [0.717, 1.165) is 16.3 Å². The summed E-state index contributed by atoms with van der Waals surface area (Å²) in [4.78, 5) is 4.53. The van der Waals surface area contributed by atoms with E-state index in [-0.39, 0.29) is 0 Å². The van der Waals surface area contributed by atoms with E-state index in [1.54, 1.807) is 11.3 Å². The summed E-state index contributed by atoms with van der Waals surface area (Å²) in [6.45, 7) is 3.75. The molecule has 0 fully saturated rings. The van der Waals surface area contributed by atoms with Gasteiger partial charge in [-0.15, -0.1) is 11.3 Å². The van der Waals surface area contributed by atoms with E-state index in [4.69, 9.17) is 10.5 Å². The summed E-state index contributed by atoms with van der Waals surface area (Å²) in [5.41, 5.74) is 8.75. The van der Waals surface area contributed by atoms with Crippen LogP contribution in [0, 0.1) is 6.92 Å². The van der Waals surface area contributed by atoms with Crippen LogP contribution in [0.4, 0.5) is 0 Å². The molecule has 17 heavy (non-hydrogen) atoms. The maximum Gasteiger partial charge on any atom is 0.123 e. The van der Waals surface area contributed by atoms with Crippen molar-refractivity contribution in [3.8, 4) is 10.6 Å². The second kappa shape index (κ2) is 5.91. The fourth-order valence-corrected chi connectivity index (χ4v) is 2.27. The summed E-state index contributed by atoms with van der Waals surface area (Å²) in [6, 6.07) is 8.39. The smallest absolute Gasteiger partial charge is 0.123 e. The number of aromatic nitrogens is 1. The quantitative estimate of drug-likeness (QED) is 0.827. The van der Waals surface area contributed by atoms with Crippen LogP contribution in [0.1, 0.15) is 11.3 Å². The lowest BCUT2D eigenvalue weighted by molar-refractivity contribution is 0.126. The predicted octanol–water partition coefficient (Wildman–Crippen LogP) is 2.59. The SMILES string of the molecule is Cc1ccc(-c2nc(COCCN)cs2)cc1. The molecule has 90 valence electrons. The van der Waals surface area contributed by atoms with Crippen molar-refractivity contribution in [3.63, 3.8) is 0 Å². The Hall–Kier alpha value is -1.23. The summed E-state index contributed by atoms with van der Waals surface area (Å²) in [7, 11) is 0. The van der Waals surface area contributed by atoms with Gasteiger partial charge in [-0.1, -0.05) is 29.8 Å². The van der Waals surface area contributed by atoms with E-state index in [9.17, 15) is 0 Å². The topological polar surface area (TPSA) is 48.1 Å². The van der Waals surface area contributed by atoms with Crippen LogP contribution in [-0.2, 0) is 11.3 Å². The van der Waals surface area contributed by atoms with Gasteiger partial charge in [-0.25, -0.2) is 4.98 Å². The Bertz CT molecular complexity index is 465. The Morgan fingerprint density at radius 3 is 2.76 bits per heavy atom. The Balaban J connectivity index is 2.04. The highest BCUT2D eigenvalue weighted by Gasteiger charge is 2.04. The molecule has 0 bridgehead atoms. The molecule has 0 aliphatic carbocycles. The minimum Gasteiger partial charge on any atom is -0.374 e. The lowest BCUT2D eigenvalue weighted by atomic mass is 10.2. The van der Waals surface area contributed by atoms with Crippen molar-refractivity contribution < 1.29 is 4.74 Å². The number of hydrogen-bond acceptors (Lipinski definition) is 4. The standard InChI is InChI=1S/C13H16N2OS/c1-10-2-4-11(5-3-10)13-15-12(9-17-13)8-16-7-6-14/h2-5,9H,6-8,14H2,1H3. The zero-order valence-electron chi connectivity index (χ0n) is 9.85. The van der Waals surface area contributed by atoms with Gasteiger partial charge in [0.2, 0.25) is 0 Å². The molecule has 0 atom stereocenters. The molecule has 3 nitrogen and oxygen atoms in total. The number of hydrogen-bond donors (Lipinski definition) is 1. The van der Waals surface area contributed by atoms with Gasteiger partial charge < -0.3 is 10.5 Å². The molecule has 0 unspecified atom stereocenters. The zero-order chi connectivity index (χ0) is 12.1. The molecule has 0 spiro atoms. The molecule has 4 heteroatoms. The van der Waals surface area contributed by atoms with Gasteiger partial charge in [-0.05, 0) is 6.92 Å². The maximum absolute atomic E-state index is 5.36. The average molecular weight is 248 g/mol. The van der Waals surface area contributed by atoms with E-state index in [1.165, 1.54) is 5.56 Å². The first kappa shape index (κ1) is 12.2. The van der Waals surface area contributed by atoms with Gasteiger partial charge in [-0.3, -0.25) is 0 Å². The summed E-state index contributed by atoms with van der Waals surface area (Å²) in [5, 5.41) is 3.07. The molecule has 1 heterocycles. The van der Waals surface area contributed by atoms with Gasteiger partial charge in [0, 0.05) is 17.5 Å². The molecule has 2 aromatic rings. The Morgan fingerprint density at radius 2 is 2.06 bits per heavy atom. The van der Waals surface area contributed by atoms with Crippen LogP contribution < -0.4 is 5.73 Å². The van der Waals surface area contributed by atoms with Gasteiger partial charge in [0.05, 0.1) is 18.9 Å². The van der Waals surface area contributed by atoms with Crippen molar-refractivity contribution in [2.45, 2.75) is 13.5 Å². The van der Waals surface area contributed by atoms with Gasteiger partial charge in [0.1, 0.15) is 5.01 Å². The summed E-state index contributed by atoms with van der Waals surface area (Å²) in [6.07, 6.45) is 0. The van der Waals surface area contributed by atoms with E-state index >= 15 is 0 Å². The summed E-state index contributed by atoms with van der Waals surface area (Å²) >= 11 is 1.64. The number of benzene rings is 1. The fourth-order valence-electron chi connectivity index (χ4n) is 1.46. The number of thiazole rings is 1. The van der Waals surface area contributed by atoms with Crippen LogP contribution in [0.3, 0.4) is 0 Å². The van der Waals surface area contributed by atoms with Crippen molar-refractivity contribution >= 4 is 11.3 Å². The van der Waals surface area contributed by atoms with Crippen molar-refractivity contribution in [2.75, 3.05) is 13.2 Å². The molecule has 1 aromatic carbocycles. The lowest BCUT2D eigenvalue weighted by Crippen LogP contribution is -2.08. The largest absolute Gasteiger partial charge is 0.374 e. The molecule has 0 saturated heterocycles. The molecule has 2 rings (SSSR count).